The fourth-order valence-corrected chi connectivity index (χ4v) is 1.18. The average molecular weight is 212 g/mol. The van der Waals surface area contributed by atoms with Crippen molar-refractivity contribution in [3.63, 3.8) is 0 Å². The molecule has 0 aliphatic rings. The maximum Gasteiger partial charge on any atom is 0.0992 e. The van der Waals surface area contributed by atoms with Crippen LogP contribution in [0.15, 0.2) is 16.6 Å². The van der Waals surface area contributed by atoms with E-state index in [0.29, 0.717) is 21.4 Å². The zero-order valence-corrected chi connectivity index (χ0v) is 7.22. The summed E-state index contributed by atoms with van der Waals surface area (Å²) in [6, 6.07) is 5.14. The van der Waals surface area contributed by atoms with Crippen molar-refractivity contribution in [3.8, 4) is 6.07 Å². The second-order valence-corrected chi connectivity index (χ2v) is 2.93. The van der Waals surface area contributed by atoms with E-state index in [1.54, 1.807) is 12.1 Å². The zero-order valence-electron chi connectivity index (χ0n) is 5.63. The normalized spacial score (nSPS) is 9.09. The molecule has 0 saturated heterocycles. The molecule has 11 heavy (non-hydrogen) atoms. The lowest BCUT2D eigenvalue weighted by Crippen LogP contribution is -1.96. The molecule has 4 N–H and O–H groups in total. The molecule has 0 atom stereocenters. The minimum Gasteiger partial charge on any atom is -0.397 e. The molecule has 0 heterocycles. The quantitative estimate of drug-likeness (QED) is 0.639. The Balaban J connectivity index is 3.35. The van der Waals surface area contributed by atoms with Crippen LogP contribution in [0, 0.1) is 11.3 Å². The van der Waals surface area contributed by atoms with Crippen LogP contribution in [0.4, 0.5) is 11.4 Å². The molecule has 0 amide bonds. The number of nitriles is 1. The first-order valence-corrected chi connectivity index (χ1v) is 3.69. The van der Waals surface area contributed by atoms with Gasteiger partial charge in [0.05, 0.1) is 23.0 Å². The number of anilines is 2. The number of halogens is 1. The highest BCUT2D eigenvalue weighted by Crippen LogP contribution is 2.26. The Labute approximate surface area is 72.7 Å². The Morgan fingerprint density at radius 2 is 2.00 bits per heavy atom. The number of hydrogen-bond acceptors (Lipinski definition) is 3. The van der Waals surface area contributed by atoms with Crippen LogP contribution in [-0.4, -0.2) is 0 Å². The van der Waals surface area contributed by atoms with Crippen molar-refractivity contribution in [3.05, 3.63) is 22.2 Å². The molecule has 0 saturated carbocycles. The van der Waals surface area contributed by atoms with Crippen LogP contribution in [0.25, 0.3) is 0 Å². The van der Waals surface area contributed by atoms with Crippen molar-refractivity contribution in [1.29, 1.82) is 5.26 Å². The van der Waals surface area contributed by atoms with Gasteiger partial charge in [0.1, 0.15) is 0 Å². The van der Waals surface area contributed by atoms with Gasteiger partial charge in [-0.15, -0.1) is 0 Å². The molecular formula is C7H6BrN3. The van der Waals surface area contributed by atoms with Gasteiger partial charge < -0.3 is 11.5 Å². The third kappa shape index (κ3) is 1.44. The van der Waals surface area contributed by atoms with Crippen LogP contribution >= 0.6 is 15.9 Å². The number of hydrogen-bond donors (Lipinski definition) is 2. The summed E-state index contributed by atoms with van der Waals surface area (Å²) in [5.41, 5.74) is 12.4. The summed E-state index contributed by atoms with van der Waals surface area (Å²) in [6.07, 6.45) is 0. The molecule has 0 spiro atoms. The third-order valence-electron chi connectivity index (χ3n) is 1.29. The smallest absolute Gasteiger partial charge is 0.0992 e. The fourth-order valence-electron chi connectivity index (χ4n) is 0.704. The number of benzene rings is 1. The van der Waals surface area contributed by atoms with E-state index in [-0.39, 0.29) is 0 Å². The maximum atomic E-state index is 8.51. The fraction of sp³-hybridized carbons (Fsp3) is 0. The van der Waals surface area contributed by atoms with E-state index in [1.807, 2.05) is 6.07 Å². The first kappa shape index (κ1) is 7.89. The second-order valence-electron chi connectivity index (χ2n) is 2.07. The van der Waals surface area contributed by atoms with Crippen molar-refractivity contribution in [1.82, 2.24) is 0 Å². The Kier molecular flexibility index (Phi) is 2.01. The van der Waals surface area contributed by atoms with Crippen LogP contribution in [0.3, 0.4) is 0 Å². The molecule has 1 rings (SSSR count). The molecule has 0 aromatic heterocycles. The summed E-state index contributed by atoms with van der Waals surface area (Å²) in [7, 11) is 0. The Hall–Kier alpha value is -1.21. The molecule has 3 nitrogen and oxygen atoms in total. The summed E-state index contributed by atoms with van der Waals surface area (Å²) < 4.78 is 0.661. The van der Waals surface area contributed by atoms with Crippen molar-refractivity contribution >= 4 is 27.3 Å². The maximum absolute atomic E-state index is 8.51. The van der Waals surface area contributed by atoms with Gasteiger partial charge >= 0.3 is 0 Å². The van der Waals surface area contributed by atoms with Gasteiger partial charge in [0.15, 0.2) is 0 Å². The van der Waals surface area contributed by atoms with Gasteiger partial charge in [-0.1, -0.05) is 0 Å². The van der Waals surface area contributed by atoms with E-state index >= 15 is 0 Å². The lowest BCUT2D eigenvalue weighted by atomic mass is 10.2. The highest BCUT2D eigenvalue weighted by atomic mass is 79.9. The molecule has 1 aromatic carbocycles. The van der Waals surface area contributed by atoms with Gasteiger partial charge in [-0.3, -0.25) is 0 Å². The highest BCUT2D eigenvalue weighted by molar-refractivity contribution is 9.10. The highest BCUT2D eigenvalue weighted by Gasteiger charge is 2.01. The van der Waals surface area contributed by atoms with Crippen molar-refractivity contribution in [2.45, 2.75) is 0 Å². The third-order valence-corrected chi connectivity index (χ3v) is 1.95. The van der Waals surface area contributed by atoms with Crippen LogP contribution < -0.4 is 11.5 Å². The monoisotopic (exact) mass is 211 g/mol. The van der Waals surface area contributed by atoms with Crippen LogP contribution in [-0.2, 0) is 0 Å². The summed E-state index contributed by atoms with van der Waals surface area (Å²) in [5.74, 6) is 0. The van der Waals surface area contributed by atoms with Crippen molar-refractivity contribution < 1.29 is 0 Å². The number of nitrogens with zero attached hydrogens (tertiary/aromatic N) is 1. The van der Waals surface area contributed by atoms with Crippen LogP contribution in [0.2, 0.25) is 0 Å². The summed E-state index contributed by atoms with van der Waals surface area (Å²) >= 11 is 3.18. The van der Waals surface area contributed by atoms with E-state index in [9.17, 15) is 0 Å². The standard InChI is InChI=1S/C7H6BrN3/c8-5-1-4(3-9)2-6(10)7(5)11/h1-2H,10-11H2. The second kappa shape index (κ2) is 2.81. The van der Waals surface area contributed by atoms with Gasteiger partial charge in [0.2, 0.25) is 0 Å². The molecular weight excluding hydrogens is 206 g/mol. The summed E-state index contributed by atoms with van der Waals surface area (Å²) in [6.45, 7) is 0. The van der Waals surface area contributed by atoms with Gasteiger partial charge in [0.25, 0.3) is 0 Å². The Bertz CT molecular complexity index is 304. The van der Waals surface area contributed by atoms with E-state index in [4.69, 9.17) is 16.7 Å². The van der Waals surface area contributed by atoms with Crippen molar-refractivity contribution in [2.75, 3.05) is 11.5 Å². The topological polar surface area (TPSA) is 75.8 Å². The van der Waals surface area contributed by atoms with Gasteiger partial charge in [-0.05, 0) is 28.1 Å². The number of rotatable bonds is 0. The van der Waals surface area contributed by atoms with Gasteiger partial charge in [-0.25, -0.2) is 0 Å². The molecule has 0 aliphatic heterocycles. The Morgan fingerprint density at radius 1 is 1.36 bits per heavy atom. The van der Waals surface area contributed by atoms with E-state index in [2.05, 4.69) is 15.9 Å². The van der Waals surface area contributed by atoms with Crippen LogP contribution in [0.1, 0.15) is 5.56 Å². The average Bonchev–Trinajstić information content (AvgIpc) is 1.99. The van der Waals surface area contributed by atoms with E-state index < -0.39 is 0 Å². The molecule has 0 fully saturated rings. The SMILES string of the molecule is N#Cc1cc(N)c(N)c(Br)c1. The number of nitrogen functional groups attached to an aromatic ring is 2. The molecule has 0 bridgehead atoms. The largest absolute Gasteiger partial charge is 0.397 e. The number of nitrogens with two attached hydrogens (primary N) is 2. The molecule has 0 aliphatic carbocycles. The summed E-state index contributed by atoms with van der Waals surface area (Å²) in [4.78, 5) is 0. The van der Waals surface area contributed by atoms with Gasteiger partial charge in [-0.2, -0.15) is 5.26 Å². The lowest BCUT2D eigenvalue weighted by molar-refractivity contribution is 1.47. The minimum atomic E-state index is 0.427. The molecule has 56 valence electrons. The Morgan fingerprint density at radius 3 is 2.45 bits per heavy atom. The molecule has 1 aromatic rings. The predicted molar refractivity (Wildman–Crippen MR) is 47.7 cm³/mol. The lowest BCUT2D eigenvalue weighted by Gasteiger charge is -2.01. The van der Waals surface area contributed by atoms with Gasteiger partial charge in [0, 0.05) is 4.47 Å². The van der Waals surface area contributed by atoms with E-state index in [1.165, 1.54) is 0 Å². The predicted octanol–water partition coefficient (Wildman–Crippen LogP) is 1.49. The first-order chi connectivity index (χ1) is 5.15. The zero-order chi connectivity index (χ0) is 8.43. The molecule has 0 radical (unpaired) electrons. The van der Waals surface area contributed by atoms with E-state index in [0.717, 1.165) is 0 Å². The minimum absolute atomic E-state index is 0.427. The first-order valence-electron chi connectivity index (χ1n) is 2.89. The van der Waals surface area contributed by atoms with Crippen molar-refractivity contribution in [2.24, 2.45) is 0 Å². The molecule has 0 unspecified atom stereocenters. The molecule has 4 heteroatoms. The van der Waals surface area contributed by atoms with Crippen LogP contribution in [0.5, 0.6) is 0 Å². The summed E-state index contributed by atoms with van der Waals surface area (Å²) in [5, 5.41) is 8.51.